The molecule has 0 unspecified atom stereocenters. The first kappa shape index (κ1) is 21.1. The number of nitrogens with zero attached hydrogens (tertiary/aromatic N) is 3. The van der Waals surface area contributed by atoms with Crippen LogP contribution in [0, 0.1) is 23.2 Å². The van der Waals surface area contributed by atoms with Crippen LogP contribution in [-0.4, -0.2) is 10.3 Å². The van der Waals surface area contributed by atoms with E-state index in [1.54, 1.807) is 12.1 Å². The van der Waals surface area contributed by atoms with Crippen molar-refractivity contribution >= 4 is 37.9 Å². The molecule has 0 saturated heterocycles. The van der Waals surface area contributed by atoms with E-state index in [4.69, 9.17) is 14.3 Å². The second-order valence-electron chi connectivity index (χ2n) is 7.92. The molecule has 150 valence electrons. The Morgan fingerprint density at radius 2 is 1.38 bits per heavy atom. The average molecular weight is 454 g/mol. The van der Waals surface area contributed by atoms with E-state index in [9.17, 15) is 0 Å². The second kappa shape index (κ2) is 9.23. The summed E-state index contributed by atoms with van der Waals surface area (Å²) in [4.78, 5) is 0. The largest absolute Gasteiger partial charge is 0.356 e. The molecule has 0 amide bonds. The van der Waals surface area contributed by atoms with Gasteiger partial charge < -0.3 is 9.05 Å². The van der Waals surface area contributed by atoms with E-state index in [1.165, 1.54) is 0 Å². The second-order valence-corrected chi connectivity index (χ2v) is 8.83. The van der Waals surface area contributed by atoms with Gasteiger partial charge in [-0.05, 0) is 61.1 Å². The van der Waals surface area contributed by atoms with Gasteiger partial charge >= 0.3 is 0 Å². The van der Waals surface area contributed by atoms with Crippen LogP contribution >= 0.6 is 15.9 Å². The Labute approximate surface area is 178 Å². The standard InChI is InChI=1S/C12H12N2O.C11H12BrNO/c1-8(2)5-11-10-6-9(7-13)3-4-12(10)15-14-11;1-7(2)5-10-9-6-8(12)3-4-11(9)14-13-10/h3-4,6,8H,5H2,1-2H3;3-4,6-7H,5H2,1-2H3. The average Bonchev–Trinajstić information content (AvgIpc) is 3.25. The fraction of sp³-hybridized carbons (Fsp3) is 0.348. The van der Waals surface area contributed by atoms with Gasteiger partial charge in [0.05, 0.1) is 23.0 Å². The van der Waals surface area contributed by atoms with E-state index in [2.05, 4.69) is 66.1 Å². The van der Waals surface area contributed by atoms with Gasteiger partial charge in [0.2, 0.25) is 0 Å². The third kappa shape index (κ3) is 5.24. The summed E-state index contributed by atoms with van der Waals surface area (Å²) >= 11 is 3.45. The predicted molar refractivity (Wildman–Crippen MR) is 118 cm³/mol. The third-order valence-electron chi connectivity index (χ3n) is 4.38. The van der Waals surface area contributed by atoms with Crippen LogP contribution in [0.15, 0.2) is 49.9 Å². The van der Waals surface area contributed by atoms with Crippen LogP contribution in [-0.2, 0) is 12.8 Å². The van der Waals surface area contributed by atoms with Crippen molar-refractivity contribution in [2.75, 3.05) is 0 Å². The van der Waals surface area contributed by atoms with Gasteiger partial charge in [-0.25, -0.2) is 0 Å². The van der Waals surface area contributed by atoms with Crippen molar-refractivity contribution in [1.82, 2.24) is 10.3 Å². The van der Waals surface area contributed by atoms with Gasteiger partial charge in [-0.2, -0.15) is 5.26 Å². The molecule has 0 N–H and O–H groups in total. The summed E-state index contributed by atoms with van der Waals surface area (Å²) in [6.07, 6.45) is 1.84. The fourth-order valence-electron chi connectivity index (χ4n) is 3.09. The maximum atomic E-state index is 8.81. The van der Waals surface area contributed by atoms with Crippen molar-refractivity contribution in [3.05, 3.63) is 57.8 Å². The van der Waals surface area contributed by atoms with E-state index in [0.717, 1.165) is 50.6 Å². The predicted octanol–water partition coefficient (Wildman–Crippen LogP) is 6.69. The van der Waals surface area contributed by atoms with Crippen molar-refractivity contribution in [1.29, 1.82) is 5.26 Å². The number of fused-ring (bicyclic) bond motifs is 2. The Morgan fingerprint density at radius 3 is 1.90 bits per heavy atom. The Bertz CT molecular complexity index is 1150. The number of nitriles is 1. The van der Waals surface area contributed by atoms with Crippen LogP contribution < -0.4 is 0 Å². The minimum Gasteiger partial charge on any atom is -0.356 e. The van der Waals surface area contributed by atoms with E-state index in [1.807, 2.05) is 18.2 Å². The lowest BCUT2D eigenvalue weighted by Gasteiger charge is -1.99. The molecular weight excluding hydrogens is 430 g/mol. The Hall–Kier alpha value is -2.65. The van der Waals surface area contributed by atoms with Crippen LogP contribution in [0.4, 0.5) is 0 Å². The van der Waals surface area contributed by atoms with Crippen molar-refractivity contribution in [3.63, 3.8) is 0 Å². The van der Waals surface area contributed by atoms with Crippen LogP contribution in [0.25, 0.3) is 21.9 Å². The molecule has 2 heterocycles. The molecule has 0 aliphatic heterocycles. The molecule has 0 radical (unpaired) electrons. The first-order chi connectivity index (χ1) is 13.9. The zero-order valence-electron chi connectivity index (χ0n) is 17.1. The van der Waals surface area contributed by atoms with E-state index >= 15 is 0 Å². The number of halogens is 1. The monoisotopic (exact) mass is 453 g/mol. The molecule has 0 bridgehead atoms. The summed E-state index contributed by atoms with van der Waals surface area (Å²) in [5, 5.41) is 19.0. The smallest absolute Gasteiger partial charge is 0.167 e. The Kier molecular flexibility index (Phi) is 6.71. The van der Waals surface area contributed by atoms with Gasteiger partial charge in [-0.3, -0.25) is 0 Å². The summed E-state index contributed by atoms with van der Waals surface area (Å²) in [5.74, 6) is 1.13. The number of benzene rings is 2. The summed E-state index contributed by atoms with van der Waals surface area (Å²) in [5.41, 5.74) is 4.26. The maximum absolute atomic E-state index is 8.81. The highest BCUT2D eigenvalue weighted by atomic mass is 79.9. The fourth-order valence-corrected chi connectivity index (χ4v) is 3.45. The minimum atomic E-state index is 0.532. The van der Waals surface area contributed by atoms with Gasteiger partial charge in [-0.15, -0.1) is 0 Å². The lowest BCUT2D eigenvalue weighted by atomic mass is 10.0. The topological polar surface area (TPSA) is 75.8 Å². The number of aromatic nitrogens is 2. The molecule has 29 heavy (non-hydrogen) atoms. The summed E-state index contributed by atoms with van der Waals surface area (Å²) in [6.45, 7) is 8.63. The molecule has 0 saturated carbocycles. The molecular formula is C23H24BrN3O2. The molecule has 4 rings (SSSR count). The number of hydrogen-bond acceptors (Lipinski definition) is 5. The van der Waals surface area contributed by atoms with Gasteiger partial charge in [0.15, 0.2) is 11.2 Å². The molecule has 0 fully saturated rings. The molecule has 2 aromatic heterocycles. The Balaban J connectivity index is 0.000000166. The van der Waals surface area contributed by atoms with E-state index < -0.39 is 0 Å². The molecule has 5 nitrogen and oxygen atoms in total. The van der Waals surface area contributed by atoms with E-state index in [-0.39, 0.29) is 0 Å². The molecule has 4 aromatic rings. The third-order valence-corrected chi connectivity index (χ3v) is 4.88. The first-order valence-electron chi connectivity index (χ1n) is 9.69. The quantitative estimate of drug-likeness (QED) is 0.344. The first-order valence-corrected chi connectivity index (χ1v) is 10.5. The Morgan fingerprint density at radius 1 is 0.862 bits per heavy atom. The lowest BCUT2D eigenvalue weighted by molar-refractivity contribution is 0.439. The summed E-state index contributed by atoms with van der Waals surface area (Å²) in [6, 6.07) is 13.5. The zero-order chi connectivity index (χ0) is 21.0. The highest BCUT2D eigenvalue weighted by Crippen LogP contribution is 2.24. The van der Waals surface area contributed by atoms with Crippen molar-refractivity contribution in [3.8, 4) is 6.07 Å². The van der Waals surface area contributed by atoms with E-state index in [0.29, 0.717) is 17.4 Å². The van der Waals surface area contributed by atoms with Crippen LogP contribution in [0.5, 0.6) is 0 Å². The lowest BCUT2D eigenvalue weighted by Crippen LogP contribution is -1.94. The van der Waals surface area contributed by atoms with Gasteiger partial charge in [0.1, 0.15) is 0 Å². The van der Waals surface area contributed by atoms with Crippen molar-refractivity contribution < 1.29 is 9.05 Å². The van der Waals surface area contributed by atoms with Gasteiger partial charge in [-0.1, -0.05) is 53.9 Å². The van der Waals surface area contributed by atoms with Crippen molar-refractivity contribution in [2.45, 2.75) is 40.5 Å². The molecule has 0 spiro atoms. The highest BCUT2D eigenvalue weighted by Gasteiger charge is 2.10. The molecule has 0 aliphatic rings. The number of hydrogen-bond donors (Lipinski definition) is 0. The van der Waals surface area contributed by atoms with Crippen LogP contribution in [0.3, 0.4) is 0 Å². The summed E-state index contributed by atoms with van der Waals surface area (Å²) < 4.78 is 11.5. The zero-order valence-corrected chi connectivity index (χ0v) is 18.7. The molecule has 6 heteroatoms. The van der Waals surface area contributed by atoms with Crippen molar-refractivity contribution in [2.24, 2.45) is 11.8 Å². The highest BCUT2D eigenvalue weighted by molar-refractivity contribution is 9.10. The molecule has 2 aromatic carbocycles. The molecule has 0 atom stereocenters. The SMILES string of the molecule is CC(C)Cc1noc2ccc(Br)cc12.CC(C)Cc1noc2ccc(C#N)cc12. The van der Waals surface area contributed by atoms with Crippen LogP contribution in [0.1, 0.15) is 44.6 Å². The van der Waals surface area contributed by atoms with Crippen LogP contribution in [0.2, 0.25) is 0 Å². The summed E-state index contributed by atoms with van der Waals surface area (Å²) in [7, 11) is 0. The van der Waals surface area contributed by atoms with Gasteiger partial charge in [0, 0.05) is 15.2 Å². The minimum absolute atomic E-state index is 0.532. The molecule has 0 aliphatic carbocycles. The van der Waals surface area contributed by atoms with Gasteiger partial charge in [0.25, 0.3) is 0 Å². The normalized spacial score (nSPS) is 11.1. The maximum Gasteiger partial charge on any atom is 0.167 e. The number of rotatable bonds is 4.